The molecule has 10 N–H and O–H groups in total. The molecule has 0 aliphatic rings. The van der Waals surface area contributed by atoms with Crippen molar-refractivity contribution in [1.82, 2.24) is 9.97 Å². The number of carbonyl (C=O) groups is 3. The van der Waals surface area contributed by atoms with Gasteiger partial charge in [0.1, 0.15) is 6.04 Å². The summed E-state index contributed by atoms with van der Waals surface area (Å²) in [5.74, 6) is -2.94. The predicted octanol–water partition coefficient (Wildman–Crippen LogP) is -2.58. The summed E-state index contributed by atoms with van der Waals surface area (Å²) < 4.78 is 0. The van der Waals surface area contributed by atoms with E-state index in [0.717, 1.165) is 5.69 Å². The van der Waals surface area contributed by atoms with Crippen molar-refractivity contribution in [2.75, 3.05) is 13.1 Å². The normalized spacial score (nSPS) is 9.77. The molecule has 1 unspecified atom stereocenters. The molecule has 1 aromatic rings. The summed E-state index contributed by atoms with van der Waals surface area (Å²) >= 11 is 0. The van der Waals surface area contributed by atoms with Gasteiger partial charge in [-0.3, -0.25) is 14.4 Å². The van der Waals surface area contributed by atoms with Gasteiger partial charge in [0.2, 0.25) is 0 Å². The van der Waals surface area contributed by atoms with Crippen molar-refractivity contribution in [2.24, 2.45) is 17.2 Å². The van der Waals surface area contributed by atoms with Crippen LogP contribution in [0.5, 0.6) is 0 Å². The number of aromatic amines is 1. The molecule has 1 aromatic heterocycles. The number of rotatable bonds is 5. The van der Waals surface area contributed by atoms with Crippen molar-refractivity contribution in [2.45, 2.75) is 12.5 Å². The van der Waals surface area contributed by atoms with Gasteiger partial charge in [0, 0.05) is 35.4 Å². The minimum absolute atomic E-state index is 0. The van der Waals surface area contributed by atoms with Gasteiger partial charge in [0.15, 0.2) is 0 Å². The molecule has 12 heteroatoms. The van der Waals surface area contributed by atoms with E-state index < -0.39 is 23.9 Å². The molecule has 0 amide bonds. The molecule has 1 rings (SSSR count). The summed E-state index contributed by atoms with van der Waals surface area (Å²) in [6.07, 6.45) is 3.34. The second-order valence-electron chi connectivity index (χ2n) is 3.42. The minimum atomic E-state index is -1.00. The number of aromatic nitrogens is 2. The Kier molecular flexibility index (Phi) is 17.5. The zero-order valence-corrected chi connectivity index (χ0v) is 12.3. The summed E-state index contributed by atoms with van der Waals surface area (Å²) in [5.41, 5.74) is 15.1. The number of nitrogens with one attached hydrogen (secondary N) is 1. The summed E-state index contributed by atoms with van der Waals surface area (Å²) in [4.78, 5) is 35.3. The van der Waals surface area contributed by atoms with Gasteiger partial charge >= 0.3 is 17.9 Å². The van der Waals surface area contributed by atoms with E-state index in [0.29, 0.717) is 0 Å². The zero-order valence-electron chi connectivity index (χ0n) is 11.4. The number of hydrogen-bond acceptors (Lipinski definition) is 7. The average molecular weight is 369 g/mol. The van der Waals surface area contributed by atoms with Gasteiger partial charge in [0.25, 0.3) is 0 Å². The first-order valence-corrected chi connectivity index (χ1v) is 5.53. The molecule has 0 fully saturated rings. The van der Waals surface area contributed by atoms with Gasteiger partial charge in [-0.25, -0.2) is 4.98 Å². The number of carboxylic acids is 3. The second-order valence-corrected chi connectivity index (χ2v) is 3.42. The molecule has 11 nitrogen and oxygen atoms in total. The van der Waals surface area contributed by atoms with Crippen molar-refractivity contribution < 1.29 is 46.8 Å². The van der Waals surface area contributed by atoms with E-state index in [-0.39, 0.29) is 36.6 Å². The number of hydrogen-bond donors (Lipinski definition) is 7. The minimum Gasteiger partial charge on any atom is -0.480 e. The van der Waals surface area contributed by atoms with Gasteiger partial charge < -0.3 is 37.5 Å². The average Bonchev–Trinajstić information content (AvgIpc) is 2.92. The monoisotopic (exact) mass is 368 g/mol. The molecule has 1 radical (unpaired) electrons. The maximum absolute atomic E-state index is 10.3. The van der Waals surface area contributed by atoms with Gasteiger partial charge in [0.05, 0.1) is 19.4 Å². The molecule has 0 aromatic carbocycles. The first-order chi connectivity index (χ1) is 9.74. The number of imidazole rings is 1. The Morgan fingerprint density at radius 3 is 1.77 bits per heavy atom. The summed E-state index contributed by atoms with van der Waals surface area (Å²) in [6.45, 7) is -0.556. The molecule has 1 atom stereocenters. The smallest absolute Gasteiger partial charge is 0.320 e. The largest absolute Gasteiger partial charge is 0.480 e. The molecule has 0 spiro atoms. The van der Waals surface area contributed by atoms with Gasteiger partial charge in [-0.15, -0.1) is 0 Å². The summed E-state index contributed by atoms with van der Waals surface area (Å²) in [6, 6.07) is -0.851. The Labute approximate surface area is 136 Å². The maximum Gasteiger partial charge on any atom is 0.320 e. The Hall–Kier alpha value is -1.98. The fraction of sp³-hybridized carbons (Fsp3) is 0.400. The summed E-state index contributed by atoms with van der Waals surface area (Å²) in [7, 11) is 0. The topological polar surface area (TPSA) is 219 Å². The molecule has 22 heavy (non-hydrogen) atoms. The van der Waals surface area contributed by atoms with Crippen LogP contribution in [-0.2, 0) is 37.9 Å². The second kappa shape index (κ2) is 15.4. The number of carboxylic acid groups (broad SMARTS) is 3. The maximum atomic E-state index is 10.3. The fourth-order valence-electron chi connectivity index (χ4n) is 0.721. The first kappa shape index (κ1) is 25.0. The van der Waals surface area contributed by atoms with Crippen LogP contribution < -0.4 is 17.2 Å². The molecule has 0 aliphatic carbocycles. The molecule has 131 valence electrons. The van der Waals surface area contributed by atoms with E-state index in [4.69, 9.17) is 21.1 Å². The Morgan fingerprint density at radius 1 is 1.14 bits per heavy atom. The number of nitrogens with two attached hydrogens (primary N) is 3. The molecule has 0 bridgehead atoms. The quantitative estimate of drug-likeness (QED) is 0.269. The third kappa shape index (κ3) is 18.0. The van der Waals surface area contributed by atoms with Crippen LogP contribution in [0.2, 0.25) is 0 Å². The molecule has 0 saturated heterocycles. The molecular weight excluding hydrogens is 350 g/mol. The molecule has 0 saturated carbocycles. The number of H-pyrrole nitrogens is 1. The first-order valence-electron chi connectivity index (χ1n) is 5.53. The van der Waals surface area contributed by atoms with Crippen molar-refractivity contribution in [3.63, 3.8) is 0 Å². The Balaban J connectivity index is -0.000000279. The summed E-state index contributed by atoms with van der Waals surface area (Å²) in [5, 5.41) is 23.6. The molecule has 0 aliphatic heterocycles. The van der Waals surface area contributed by atoms with E-state index in [1.54, 1.807) is 6.20 Å². The Morgan fingerprint density at radius 2 is 1.55 bits per heavy atom. The van der Waals surface area contributed by atoms with Crippen LogP contribution in [0.3, 0.4) is 0 Å². The zero-order chi connectivity index (χ0) is 16.8. The van der Waals surface area contributed by atoms with Crippen LogP contribution in [0.1, 0.15) is 5.69 Å². The third-order valence-electron chi connectivity index (χ3n) is 1.66. The van der Waals surface area contributed by atoms with Gasteiger partial charge in [-0.05, 0) is 0 Å². The van der Waals surface area contributed by atoms with Crippen molar-refractivity contribution in [3.8, 4) is 0 Å². The predicted molar refractivity (Wildman–Crippen MR) is 71.3 cm³/mol. The number of nitrogens with zero attached hydrogens (tertiary/aromatic N) is 1. The van der Waals surface area contributed by atoms with Crippen LogP contribution in [0.4, 0.5) is 0 Å². The van der Waals surface area contributed by atoms with Crippen LogP contribution in [0.15, 0.2) is 12.5 Å². The van der Waals surface area contributed by atoms with Crippen molar-refractivity contribution in [1.29, 1.82) is 0 Å². The molecule has 1 heterocycles. The fourth-order valence-corrected chi connectivity index (χ4v) is 0.721. The van der Waals surface area contributed by atoms with Crippen molar-refractivity contribution >= 4 is 17.9 Å². The van der Waals surface area contributed by atoms with Crippen LogP contribution in [0, 0.1) is 0 Å². The SMILES string of the molecule is NC(Cc1cnc[nH]1)C(=O)O.NCC(=O)O.NCC(=O)O.[Cu]. The van der Waals surface area contributed by atoms with Crippen LogP contribution in [0.25, 0.3) is 0 Å². The molecular formula is C10H19CuN5O6. The van der Waals surface area contributed by atoms with Gasteiger partial charge in [-0.2, -0.15) is 0 Å². The van der Waals surface area contributed by atoms with E-state index in [2.05, 4.69) is 21.4 Å². The van der Waals surface area contributed by atoms with Crippen LogP contribution in [-0.4, -0.2) is 62.3 Å². The van der Waals surface area contributed by atoms with Gasteiger partial charge in [-0.1, -0.05) is 0 Å². The van der Waals surface area contributed by atoms with E-state index in [1.165, 1.54) is 6.33 Å². The standard InChI is InChI=1S/C6H9N3O2.2C2H5NO2.Cu/c7-5(6(10)11)1-4-2-8-3-9-4;2*3-1-2(4)5;/h2-3,5H,1,7H2,(H,8,9)(H,10,11);2*1,3H2,(H,4,5);. The Bertz CT molecular complexity index is 413. The van der Waals surface area contributed by atoms with E-state index in [1.807, 2.05) is 0 Å². The van der Waals surface area contributed by atoms with Crippen molar-refractivity contribution in [3.05, 3.63) is 18.2 Å². The van der Waals surface area contributed by atoms with E-state index >= 15 is 0 Å². The van der Waals surface area contributed by atoms with Crippen LogP contribution >= 0.6 is 0 Å². The number of aliphatic carboxylic acids is 3. The van der Waals surface area contributed by atoms with E-state index in [9.17, 15) is 14.4 Å². The third-order valence-corrected chi connectivity index (χ3v) is 1.66.